The molecule has 1 aliphatic carbocycles. The number of carbonyl (C=O) groups excluding carboxylic acids is 1. The minimum atomic E-state index is -0.0753. The van der Waals surface area contributed by atoms with Crippen LogP contribution in [0.1, 0.15) is 63.4 Å². The van der Waals surface area contributed by atoms with Gasteiger partial charge in [-0.05, 0) is 40.5 Å². The summed E-state index contributed by atoms with van der Waals surface area (Å²) in [5, 5.41) is 7.60. The van der Waals surface area contributed by atoms with Gasteiger partial charge in [0, 0.05) is 12.1 Å². The molecule has 0 spiro atoms. The quantitative estimate of drug-likeness (QED) is 0.841. The van der Waals surface area contributed by atoms with E-state index in [0.717, 1.165) is 42.8 Å². The summed E-state index contributed by atoms with van der Waals surface area (Å²) in [6.45, 7) is 8.12. The Balaban J connectivity index is 2.15. The third kappa shape index (κ3) is 3.46. The Morgan fingerprint density at radius 2 is 1.95 bits per heavy atom. The summed E-state index contributed by atoms with van der Waals surface area (Å²) >= 11 is 0. The fraction of sp³-hybridized carbons (Fsp3) is 0.750. The summed E-state index contributed by atoms with van der Waals surface area (Å²) in [5.74, 6) is -0.0207. The SMILES string of the molecule is Cc1nn(C(C)C)c(C)c1NC(=O)C1CCCCCC1N. The maximum atomic E-state index is 12.6. The fourth-order valence-corrected chi connectivity index (χ4v) is 3.22. The minimum Gasteiger partial charge on any atom is -0.327 e. The Hall–Kier alpha value is -1.36. The minimum absolute atomic E-state index is 0.0201. The number of anilines is 1. The summed E-state index contributed by atoms with van der Waals surface area (Å²) in [5.41, 5.74) is 8.92. The number of amides is 1. The van der Waals surface area contributed by atoms with E-state index in [1.807, 2.05) is 18.5 Å². The van der Waals surface area contributed by atoms with Crippen molar-refractivity contribution in [3.05, 3.63) is 11.4 Å². The van der Waals surface area contributed by atoms with E-state index in [1.54, 1.807) is 0 Å². The summed E-state index contributed by atoms with van der Waals surface area (Å²) in [6.07, 6.45) is 5.24. The molecule has 2 unspecified atom stereocenters. The third-order valence-corrected chi connectivity index (χ3v) is 4.47. The third-order valence-electron chi connectivity index (χ3n) is 4.47. The number of rotatable bonds is 3. The molecule has 0 radical (unpaired) electrons. The van der Waals surface area contributed by atoms with Crippen LogP contribution in [0.4, 0.5) is 5.69 Å². The van der Waals surface area contributed by atoms with E-state index in [-0.39, 0.29) is 23.9 Å². The number of nitrogens with zero attached hydrogens (tertiary/aromatic N) is 2. The van der Waals surface area contributed by atoms with Gasteiger partial charge in [-0.2, -0.15) is 5.10 Å². The average molecular weight is 292 g/mol. The molecule has 1 aromatic heterocycles. The first-order valence-corrected chi connectivity index (χ1v) is 8.04. The van der Waals surface area contributed by atoms with E-state index in [0.29, 0.717) is 0 Å². The first-order chi connectivity index (χ1) is 9.91. The summed E-state index contributed by atoms with van der Waals surface area (Å²) < 4.78 is 1.96. The summed E-state index contributed by atoms with van der Waals surface area (Å²) in [4.78, 5) is 12.6. The van der Waals surface area contributed by atoms with E-state index >= 15 is 0 Å². The molecule has 5 heteroatoms. The molecule has 1 aliphatic rings. The van der Waals surface area contributed by atoms with Gasteiger partial charge in [0.1, 0.15) is 0 Å². The van der Waals surface area contributed by atoms with Gasteiger partial charge in [-0.15, -0.1) is 0 Å². The number of hydrogen-bond donors (Lipinski definition) is 2. The van der Waals surface area contributed by atoms with E-state index in [9.17, 15) is 4.79 Å². The Morgan fingerprint density at radius 3 is 2.57 bits per heavy atom. The zero-order chi connectivity index (χ0) is 15.6. The molecule has 2 rings (SSSR count). The molecule has 0 bridgehead atoms. The van der Waals surface area contributed by atoms with Gasteiger partial charge in [-0.25, -0.2) is 0 Å². The van der Waals surface area contributed by atoms with Gasteiger partial charge >= 0.3 is 0 Å². The molecule has 1 aromatic rings. The Morgan fingerprint density at radius 1 is 1.29 bits per heavy atom. The van der Waals surface area contributed by atoms with Gasteiger partial charge in [0.15, 0.2) is 0 Å². The Kier molecular flexibility index (Phi) is 5.04. The highest BCUT2D eigenvalue weighted by molar-refractivity contribution is 5.94. The largest absolute Gasteiger partial charge is 0.327 e. The number of aryl methyl sites for hydroxylation is 1. The Bertz CT molecular complexity index is 507. The van der Waals surface area contributed by atoms with Gasteiger partial charge in [-0.1, -0.05) is 19.3 Å². The van der Waals surface area contributed by atoms with Gasteiger partial charge in [-0.3, -0.25) is 9.48 Å². The predicted octanol–water partition coefficient (Wildman–Crippen LogP) is 2.93. The van der Waals surface area contributed by atoms with Crippen LogP contribution in [0.15, 0.2) is 0 Å². The average Bonchev–Trinajstić information content (AvgIpc) is 2.61. The van der Waals surface area contributed by atoms with E-state index in [2.05, 4.69) is 24.3 Å². The molecule has 1 fully saturated rings. The van der Waals surface area contributed by atoms with Crippen molar-refractivity contribution in [2.24, 2.45) is 11.7 Å². The maximum Gasteiger partial charge on any atom is 0.229 e. The molecule has 2 atom stereocenters. The molecule has 1 heterocycles. The van der Waals surface area contributed by atoms with Crippen LogP contribution in [0.2, 0.25) is 0 Å². The van der Waals surface area contributed by atoms with Crippen molar-refractivity contribution in [3.63, 3.8) is 0 Å². The predicted molar refractivity (Wildman–Crippen MR) is 85.3 cm³/mol. The van der Waals surface area contributed by atoms with E-state index in [1.165, 1.54) is 6.42 Å². The molecule has 1 saturated carbocycles. The van der Waals surface area contributed by atoms with Crippen LogP contribution in [0.3, 0.4) is 0 Å². The van der Waals surface area contributed by atoms with Gasteiger partial charge < -0.3 is 11.1 Å². The van der Waals surface area contributed by atoms with Crippen LogP contribution in [-0.4, -0.2) is 21.7 Å². The molecule has 118 valence electrons. The lowest BCUT2D eigenvalue weighted by atomic mass is 9.94. The van der Waals surface area contributed by atoms with Crippen molar-refractivity contribution in [1.29, 1.82) is 0 Å². The van der Waals surface area contributed by atoms with Crippen LogP contribution in [0.5, 0.6) is 0 Å². The monoisotopic (exact) mass is 292 g/mol. The highest BCUT2D eigenvalue weighted by Gasteiger charge is 2.28. The van der Waals surface area contributed by atoms with Gasteiger partial charge in [0.2, 0.25) is 5.91 Å². The number of nitrogens with two attached hydrogens (primary N) is 1. The standard InChI is InChI=1S/C16H28N4O/c1-10(2)20-12(4)15(11(3)19-20)18-16(21)13-8-6-5-7-9-14(13)17/h10,13-14H,5-9,17H2,1-4H3,(H,18,21). The normalized spacial score (nSPS) is 23.1. The van der Waals surface area contributed by atoms with Gasteiger partial charge in [0.25, 0.3) is 0 Å². The summed E-state index contributed by atoms with van der Waals surface area (Å²) in [6, 6.07) is 0.266. The van der Waals surface area contributed by atoms with Crippen molar-refractivity contribution >= 4 is 11.6 Å². The lowest BCUT2D eigenvalue weighted by Crippen LogP contribution is -2.38. The molecule has 21 heavy (non-hydrogen) atoms. The van der Waals surface area contributed by atoms with Crippen molar-refractivity contribution in [2.75, 3.05) is 5.32 Å². The van der Waals surface area contributed by atoms with Crippen LogP contribution < -0.4 is 11.1 Å². The van der Waals surface area contributed by atoms with Crippen LogP contribution >= 0.6 is 0 Å². The second-order valence-corrected chi connectivity index (χ2v) is 6.48. The second-order valence-electron chi connectivity index (χ2n) is 6.48. The molecule has 0 aliphatic heterocycles. The fourth-order valence-electron chi connectivity index (χ4n) is 3.22. The lowest BCUT2D eigenvalue weighted by molar-refractivity contribution is -0.120. The highest BCUT2D eigenvalue weighted by atomic mass is 16.1. The van der Waals surface area contributed by atoms with Crippen LogP contribution in [0.25, 0.3) is 0 Å². The zero-order valence-electron chi connectivity index (χ0n) is 13.6. The number of nitrogens with one attached hydrogen (secondary N) is 1. The molecular weight excluding hydrogens is 264 g/mol. The lowest BCUT2D eigenvalue weighted by Gasteiger charge is -2.20. The first-order valence-electron chi connectivity index (χ1n) is 8.04. The van der Waals surface area contributed by atoms with Crippen LogP contribution in [-0.2, 0) is 4.79 Å². The van der Waals surface area contributed by atoms with Crippen molar-refractivity contribution in [3.8, 4) is 0 Å². The zero-order valence-corrected chi connectivity index (χ0v) is 13.6. The molecule has 3 N–H and O–H groups in total. The number of carbonyl (C=O) groups is 1. The van der Waals surface area contributed by atoms with Crippen molar-refractivity contribution in [2.45, 2.75) is 71.9 Å². The number of hydrogen-bond acceptors (Lipinski definition) is 3. The highest BCUT2D eigenvalue weighted by Crippen LogP contribution is 2.26. The maximum absolute atomic E-state index is 12.6. The molecule has 0 saturated heterocycles. The molecule has 1 amide bonds. The second kappa shape index (κ2) is 6.60. The summed E-state index contributed by atoms with van der Waals surface area (Å²) in [7, 11) is 0. The van der Waals surface area contributed by atoms with E-state index in [4.69, 9.17) is 5.73 Å². The number of aromatic nitrogens is 2. The van der Waals surface area contributed by atoms with Crippen molar-refractivity contribution < 1.29 is 4.79 Å². The smallest absolute Gasteiger partial charge is 0.229 e. The van der Waals surface area contributed by atoms with Gasteiger partial charge in [0.05, 0.1) is 23.0 Å². The van der Waals surface area contributed by atoms with Crippen LogP contribution in [0, 0.1) is 19.8 Å². The molecule has 0 aromatic carbocycles. The Labute approximate surface area is 127 Å². The molecule has 5 nitrogen and oxygen atoms in total. The molecular formula is C16H28N4O. The first kappa shape index (κ1) is 16.0. The van der Waals surface area contributed by atoms with Crippen molar-refractivity contribution in [1.82, 2.24) is 9.78 Å². The van der Waals surface area contributed by atoms with E-state index < -0.39 is 0 Å². The topological polar surface area (TPSA) is 72.9 Å².